The fraction of sp³-hybridized carbons (Fsp3) is 0.150. The average Bonchev–Trinajstić information content (AvgIpc) is 3.01. The van der Waals surface area contributed by atoms with E-state index in [0.717, 1.165) is 5.69 Å². The predicted molar refractivity (Wildman–Crippen MR) is 114 cm³/mol. The number of amides is 2. The van der Waals surface area contributed by atoms with Crippen LogP contribution in [0, 0.1) is 6.92 Å². The van der Waals surface area contributed by atoms with Gasteiger partial charge in [0, 0.05) is 31.3 Å². The summed E-state index contributed by atoms with van der Waals surface area (Å²) in [5.74, 6) is 0.0653. The molecule has 2 amide bonds. The van der Waals surface area contributed by atoms with Crippen LogP contribution in [0.2, 0.25) is 0 Å². The maximum absolute atomic E-state index is 12.6. The van der Waals surface area contributed by atoms with Gasteiger partial charge in [-0.25, -0.2) is 13.1 Å². The highest BCUT2D eigenvalue weighted by Crippen LogP contribution is 2.22. The molecular formula is C20H21N5O4S. The molecule has 30 heavy (non-hydrogen) atoms. The first-order valence-electron chi connectivity index (χ1n) is 8.99. The van der Waals surface area contributed by atoms with Crippen LogP contribution in [0.25, 0.3) is 5.69 Å². The Morgan fingerprint density at radius 3 is 2.00 bits per heavy atom. The van der Waals surface area contributed by atoms with Gasteiger partial charge in [-0.05, 0) is 55.5 Å². The van der Waals surface area contributed by atoms with Gasteiger partial charge in [-0.1, -0.05) is 0 Å². The van der Waals surface area contributed by atoms with Crippen molar-refractivity contribution >= 4 is 39.0 Å². The highest BCUT2D eigenvalue weighted by Gasteiger charge is 2.15. The van der Waals surface area contributed by atoms with Gasteiger partial charge in [-0.3, -0.25) is 14.3 Å². The van der Waals surface area contributed by atoms with Crippen molar-refractivity contribution in [3.05, 3.63) is 60.3 Å². The molecule has 0 bridgehead atoms. The van der Waals surface area contributed by atoms with Gasteiger partial charge >= 0.3 is 0 Å². The fourth-order valence-corrected chi connectivity index (χ4v) is 3.83. The van der Waals surface area contributed by atoms with Crippen LogP contribution in [-0.2, 0) is 19.6 Å². The molecule has 3 N–H and O–H groups in total. The normalized spacial score (nSPS) is 11.0. The van der Waals surface area contributed by atoms with Crippen LogP contribution in [-0.4, -0.2) is 30.0 Å². The van der Waals surface area contributed by atoms with Crippen molar-refractivity contribution in [3.63, 3.8) is 0 Å². The summed E-state index contributed by atoms with van der Waals surface area (Å²) >= 11 is 0. The van der Waals surface area contributed by atoms with Crippen molar-refractivity contribution in [1.82, 2.24) is 9.78 Å². The fourth-order valence-electron chi connectivity index (χ4n) is 2.77. The van der Waals surface area contributed by atoms with Gasteiger partial charge in [-0.15, -0.1) is 0 Å². The molecule has 1 heterocycles. The summed E-state index contributed by atoms with van der Waals surface area (Å²) in [5, 5.41) is 9.64. The number of hydrogen-bond donors (Lipinski definition) is 3. The number of anilines is 3. The van der Waals surface area contributed by atoms with E-state index in [4.69, 9.17) is 0 Å². The van der Waals surface area contributed by atoms with Crippen molar-refractivity contribution in [2.75, 3.05) is 15.4 Å². The van der Waals surface area contributed by atoms with E-state index >= 15 is 0 Å². The van der Waals surface area contributed by atoms with Crippen LogP contribution < -0.4 is 15.4 Å². The first-order chi connectivity index (χ1) is 14.1. The van der Waals surface area contributed by atoms with Gasteiger partial charge in [0.05, 0.1) is 16.3 Å². The molecule has 0 saturated heterocycles. The van der Waals surface area contributed by atoms with Crippen molar-refractivity contribution in [2.45, 2.75) is 25.7 Å². The Kier molecular flexibility index (Phi) is 5.88. The molecule has 0 aliphatic rings. The number of carbonyl (C=O) groups is 2. The molecule has 156 valence electrons. The minimum absolute atomic E-state index is 0.0660. The van der Waals surface area contributed by atoms with Crippen LogP contribution in [0.1, 0.15) is 19.5 Å². The summed E-state index contributed by atoms with van der Waals surface area (Å²) in [5.41, 5.74) is 2.27. The third-order valence-corrected chi connectivity index (χ3v) is 5.38. The van der Waals surface area contributed by atoms with E-state index in [0.29, 0.717) is 22.9 Å². The molecule has 0 saturated carbocycles. The van der Waals surface area contributed by atoms with Gasteiger partial charge < -0.3 is 10.6 Å². The van der Waals surface area contributed by atoms with Crippen LogP contribution in [0.5, 0.6) is 0 Å². The van der Waals surface area contributed by atoms with Crippen LogP contribution in [0.3, 0.4) is 0 Å². The molecule has 0 atom stereocenters. The molecule has 0 radical (unpaired) electrons. The zero-order chi connectivity index (χ0) is 21.9. The van der Waals surface area contributed by atoms with E-state index in [9.17, 15) is 18.0 Å². The Balaban J connectivity index is 1.78. The lowest BCUT2D eigenvalue weighted by molar-refractivity contribution is -0.115. The largest absolute Gasteiger partial charge is 0.326 e. The standard InChI is InChI=1S/C20H21N5O4S/c1-13-12-20(22-15(3)27)25(23-13)18-8-4-17(5-9-18)24-30(28,29)19-10-6-16(7-11-19)21-14(2)26/h4-12,24H,1-3H3,(H,21,26)(H,22,27). The van der Waals surface area contributed by atoms with Crippen LogP contribution in [0.15, 0.2) is 59.5 Å². The first kappa shape index (κ1) is 21.1. The molecule has 0 aliphatic carbocycles. The first-order valence-corrected chi connectivity index (χ1v) is 10.5. The lowest BCUT2D eigenvalue weighted by Gasteiger charge is -2.11. The van der Waals surface area contributed by atoms with E-state index in [2.05, 4.69) is 20.5 Å². The van der Waals surface area contributed by atoms with Crippen molar-refractivity contribution in [2.24, 2.45) is 0 Å². The summed E-state index contributed by atoms with van der Waals surface area (Å²) in [7, 11) is -3.80. The maximum Gasteiger partial charge on any atom is 0.261 e. The molecule has 2 aromatic carbocycles. The monoisotopic (exact) mass is 427 g/mol. The van der Waals surface area contributed by atoms with Crippen LogP contribution in [0.4, 0.5) is 17.2 Å². The second-order valence-electron chi connectivity index (χ2n) is 6.62. The number of sulfonamides is 1. The predicted octanol–water partition coefficient (Wildman–Crippen LogP) is 2.90. The van der Waals surface area contributed by atoms with Gasteiger partial charge in [0.2, 0.25) is 11.8 Å². The van der Waals surface area contributed by atoms with E-state index < -0.39 is 10.0 Å². The summed E-state index contributed by atoms with van der Waals surface area (Å²) in [6.45, 7) is 4.59. The molecule has 1 aromatic heterocycles. The number of nitrogens with one attached hydrogen (secondary N) is 3. The average molecular weight is 427 g/mol. The number of benzene rings is 2. The lowest BCUT2D eigenvalue weighted by atomic mass is 10.3. The maximum atomic E-state index is 12.6. The highest BCUT2D eigenvalue weighted by molar-refractivity contribution is 7.92. The molecule has 9 nitrogen and oxygen atoms in total. The Morgan fingerprint density at radius 2 is 1.43 bits per heavy atom. The molecular weight excluding hydrogens is 406 g/mol. The lowest BCUT2D eigenvalue weighted by Crippen LogP contribution is -2.13. The molecule has 3 rings (SSSR count). The summed E-state index contributed by atoms with van der Waals surface area (Å²) < 4.78 is 29.3. The van der Waals surface area contributed by atoms with E-state index in [1.807, 2.05) is 6.92 Å². The summed E-state index contributed by atoms with van der Waals surface area (Å²) in [4.78, 5) is 22.5. The number of carbonyl (C=O) groups excluding carboxylic acids is 2. The van der Waals surface area contributed by atoms with Gasteiger partial charge in [0.25, 0.3) is 10.0 Å². The third-order valence-electron chi connectivity index (χ3n) is 3.98. The number of rotatable bonds is 6. The zero-order valence-electron chi connectivity index (χ0n) is 16.6. The zero-order valence-corrected chi connectivity index (χ0v) is 17.4. The Labute approximate surface area is 174 Å². The van der Waals surface area contributed by atoms with Gasteiger partial charge in [0.15, 0.2) is 0 Å². The molecule has 10 heteroatoms. The highest BCUT2D eigenvalue weighted by atomic mass is 32.2. The second-order valence-corrected chi connectivity index (χ2v) is 8.30. The Bertz CT molecular complexity index is 1180. The van der Waals surface area contributed by atoms with Crippen LogP contribution >= 0.6 is 0 Å². The third kappa shape index (κ3) is 5.03. The van der Waals surface area contributed by atoms with Crippen molar-refractivity contribution in [1.29, 1.82) is 0 Å². The summed E-state index contributed by atoms with van der Waals surface area (Å²) in [6, 6.07) is 14.2. The summed E-state index contributed by atoms with van der Waals surface area (Å²) in [6.07, 6.45) is 0. The minimum Gasteiger partial charge on any atom is -0.326 e. The van der Waals surface area contributed by atoms with E-state index in [1.165, 1.54) is 38.1 Å². The number of hydrogen-bond acceptors (Lipinski definition) is 5. The second kappa shape index (κ2) is 8.37. The Hall–Kier alpha value is -3.66. The minimum atomic E-state index is -3.80. The number of nitrogens with zero attached hydrogens (tertiary/aromatic N) is 2. The molecule has 0 spiro atoms. The van der Waals surface area contributed by atoms with Crippen molar-refractivity contribution < 1.29 is 18.0 Å². The number of aromatic nitrogens is 2. The van der Waals surface area contributed by atoms with Gasteiger partial charge in [-0.2, -0.15) is 5.10 Å². The smallest absolute Gasteiger partial charge is 0.261 e. The Morgan fingerprint density at radius 1 is 0.867 bits per heavy atom. The van der Waals surface area contributed by atoms with E-state index in [-0.39, 0.29) is 16.7 Å². The van der Waals surface area contributed by atoms with Gasteiger partial charge in [0.1, 0.15) is 5.82 Å². The quantitative estimate of drug-likeness (QED) is 0.558. The van der Waals surface area contributed by atoms with E-state index in [1.54, 1.807) is 35.0 Å². The molecule has 3 aromatic rings. The molecule has 0 fully saturated rings. The molecule has 0 aliphatic heterocycles. The van der Waals surface area contributed by atoms with Crippen molar-refractivity contribution in [3.8, 4) is 5.69 Å². The molecule has 0 unspecified atom stereocenters. The number of aryl methyl sites for hydroxylation is 1. The SMILES string of the molecule is CC(=O)Nc1ccc(S(=O)(=O)Nc2ccc(-n3nc(C)cc3NC(C)=O)cc2)cc1. The topological polar surface area (TPSA) is 122 Å².